The van der Waals surface area contributed by atoms with E-state index in [4.69, 9.17) is 9.47 Å². The molecule has 2 aromatic carbocycles. The van der Waals surface area contributed by atoms with Gasteiger partial charge in [0, 0.05) is 6.54 Å². The predicted octanol–water partition coefficient (Wildman–Crippen LogP) is 4.01. The maximum absolute atomic E-state index is 5.99. The van der Waals surface area contributed by atoms with Gasteiger partial charge in [-0.05, 0) is 76.2 Å². The molecule has 4 nitrogen and oxygen atoms in total. The fourth-order valence-electron chi connectivity index (χ4n) is 2.68. The Bertz CT molecular complexity index is 587. The lowest BCUT2D eigenvalue weighted by Crippen LogP contribution is -2.19. The molecule has 0 spiro atoms. The average Bonchev–Trinajstić information content (AvgIpc) is 2.67. The molecule has 2 aromatic rings. The van der Waals surface area contributed by atoms with Crippen LogP contribution >= 0.6 is 0 Å². The SMILES string of the molecule is CNCCCNCc1ccc(OC(C)CCCOc2ccccc2)cc1. The smallest absolute Gasteiger partial charge is 0.119 e. The molecule has 0 fully saturated rings. The van der Waals surface area contributed by atoms with Gasteiger partial charge in [0.25, 0.3) is 0 Å². The molecular weight excluding hydrogens is 324 g/mol. The van der Waals surface area contributed by atoms with Crippen LogP contribution in [0.1, 0.15) is 31.7 Å². The van der Waals surface area contributed by atoms with E-state index in [-0.39, 0.29) is 6.10 Å². The van der Waals surface area contributed by atoms with Gasteiger partial charge in [-0.3, -0.25) is 0 Å². The van der Waals surface area contributed by atoms with Gasteiger partial charge in [-0.2, -0.15) is 0 Å². The Morgan fingerprint density at radius 1 is 0.885 bits per heavy atom. The summed E-state index contributed by atoms with van der Waals surface area (Å²) in [5, 5.41) is 6.60. The largest absolute Gasteiger partial charge is 0.494 e. The van der Waals surface area contributed by atoms with Crippen LogP contribution < -0.4 is 20.1 Å². The van der Waals surface area contributed by atoms with Crippen LogP contribution in [0, 0.1) is 0 Å². The van der Waals surface area contributed by atoms with Crippen molar-refractivity contribution in [3.63, 3.8) is 0 Å². The number of para-hydroxylation sites is 1. The lowest BCUT2D eigenvalue weighted by Gasteiger charge is -2.15. The van der Waals surface area contributed by atoms with Crippen molar-refractivity contribution in [2.45, 2.75) is 38.8 Å². The van der Waals surface area contributed by atoms with E-state index in [1.165, 1.54) is 5.56 Å². The number of hydrogen-bond acceptors (Lipinski definition) is 4. The standard InChI is InChI=1S/C22H32N2O2/c1-19(8-6-17-25-21-9-4-3-5-10-21)26-22-13-11-20(12-14-22)18-24-16-7-15-23-2/h3-5,9-14,19,23-24H,6-8,15-18H2,1-2H3. The van der Waals surface area contributed by atoms with Crippen molar-refractivity contribution >= 4 is 0 Å². The lowest BCUT2D eigenvalue weighted by atomic mass is 10.2. The van der Waals surface area contributed by atoms with E-state index in [1.54, 1.807) is 0 Å². The summed E-state index contributed by atoms with van der Waals surface area (Å²) in [6, 6.07) is 18.3. The molecule has 0 aliphatic rings. The van der Waals surface area contributed by atoms with E-state index < -0.39 is 0 Å². The van der Waals surface area contributed by atoms with Crippen LogP contribution in [-0.4, -0.2) is 32.8 Å². The summed E-state index contributed by atoms with van der Waals surface area (Å²) in [6.07, 6.45) is 3.27. The Morgan fingerprint density at radius 3 is 2.38 bits per heavy atom. The van der Waals surface area contributed by atoms with Crippen LogP contribution in [0.15, 0.2) is 54.6 Å². The van der Waals surface area contributed by atoms with E-state index in [0.29, 0.717) is 0 Å². The highest BCUT2D eigenvalue weighted by Crippen LogP contribution is 2.16. The van der Waals surface area contributed by atoms with E-state index in [1.807, 2.05) is 37.4 Å². The zero-order chi connectivity index (χ0) is 18.5. The fraction of sp³-hybridized carbons (Fsp3) is 0.455. The molecule has 0 radical (unpaired) electrons. The van der Waals surface area contributed by atoms with E-state index >= 15 is 0 Å². The summed E-state index contributed by atoms with van der Waals surface area (Å²) in [5.74, 6) is 1.86. The van der Waals surface area contributed by atoms with Gasteiger partial charge in [-0.15, -0.1) is 0 Å². The monoisotopic (exact) mass is 356 g/mol. The van der Waals surface area contributed by atoms with Crippen LogP contribution in [0.5, 0.6) is 11.5 Å². The lowest BCUT2D eigenvalue weighted by molar-refractivity contribution is 0.193. The molecule has 26 heavy (non-hydrogen) atoms. The van der Waals surface area contributed by atoms with Crippen LogP contribution in [-0.2, 0) is 6.54 Å². The first kappa shape index (κ1) is 20.3. The average molecular weight is 357 g/mol. The molecule has 0 aliphatic heterocycles. The molecule has 0 aliphatic carbocycles. The van der Waals surface area contributed by atoms with Crippen molar-refractivity contribution in [2.24, 2.45) is 0 Å². The first-order chi connectivity index (χ1) is 12.8. The Morgan fingerprint density at radius 2 is 1.65 bits per heavy atom. The first-order valence-corrected chi connectivity index (χ1v) is 9.56. The third-order valence-electron chi connectivity index (χ3n) is 4.14. The summed E-state index contributed by atoms with van der Waals surface area (Å²) in [5.41, 5.74) is 1.28. The van der Waals surface area contributed by atoms with Crippen LogP contribution in [0.3, 0.4) is 0 Å². The normalized spacial score (nSPS) is 11.9. The van der Waals surface area contributed by atoms with Crippen molar-refractivity contribution < 1.29 is 9.47 Å². The number of benzene rings is 2. The summed E-state index contributed by atoms with van der Waals surface area (Å²) < 4.78 is 11.7. The van der Waals surface area contributed by atoms with Gasteiger partial charge >= 0.3 is 0 Å². The van der Waals surface area contributed by atoms with Crippen molar-refractivity contribution in [1.82, 2.24) is 10.6 Å². The zero-order valence-corrected chi connectivity index (χ0v) is 16.0. The summed E-state index contributed by atoms with van der Waals surface area (Å²) in [7, 11) is 1.98. The zero-order valence-electron chi connectivity index (χ0n) is 16.0. The molecule has 4 heteroatoms. The molecule has 1 atom stereocenters. The van der Waals surface area contributed by atoms with Crippen molar-refractivity contribution in [3.8, 4) is 11.5 Å². The number of rotatable bonds is 13. The van der Waals surface area contributed by atoms with Gasteiger partial charge in [0.15, 0.2) is 0 Å². The van der Waals surface area contributed by atoms with Crippen molar-refractivity contribution in [1.29, 1.82) is 0 Å². The molecule has 0 bridgehead atoms. The minimum absolute atomic E-state index is 0.180. The molecule has 1 unspecified atom stereocenters. The van der Waals surface area contributed by atoms with Gasteiger partial charge < -0.3 is 20.1 Å². The second kappa shape index (κ2) is 12.3. The molecular formula is C22H32N2O2. The van der Waals surface area contributed by atoms with E-state index in [9.17, 15) is 0 Å². The molecule has 2 N–H and O–H groups in total. The summed E-state index contributed by atoms with van der Waals surface area (Å²) >= 11 is 0. The van der Waals surface area contributed by atoms with Crippen LogP contribution in [0.4, 0.5) is 0 Å². The van der Waals surface area contributed by atoms with Gasteiger partial charge in [-0.1, -0.05) is 30.3 Å². The Hall–Kier alpha value is -2.04. The van der Waals surface area contributed by atoms with Crippen molar-refractivity contribution in [2.75, 3.05) is 26.7 Å². The maximum Gasteiger partial charge on any atom is 0.119 e. The summed E-state index contributed by atoms with van der Waals surface area (Å²) in [6.45, 7) is 5.81. The van der Waals surface area contributed by atoms with Crippen molar-refractivity contribution in [3.05, 3.63) is 60.2 Å². The van der Waals surface area contributed by atoms with E-state index in [0.717, 1.165) is 57.0 Å². The number of hydrogen-bond donors (Lipinski definition) is 2. The second-order valence-corrected chi connectivity index (χ2v) is 6.51. The molecule has 142 valence electrons. The fourth-order valence-corrected chi connectivity index (χ4v) is 2.68. The first-order valence-electron chi connectivity index (χ1n) is 9.56. The van der Waals surface area contributed by atoms with Gasteiger partial charge in [-0.25, -0.2) is 0 Å². The van der Waals surface area contributed by atoms with Crippen LogP contribution in [0.2, 0.25) is 0 Å². The number of nitrogens with one attached hydrogen (secondary N) is 2. The maximum atomic E-state index is 5.99. The highest BCUT2D eigenvalue weighted by molar-refractivity contribution is 5.27. The van der Waals surface area contributed by atoms with Gasteiger partial charge in [0.2, 0.25) is 0 Å². The molecule has 0 heterocycles. The molecule has 0 aromatic heterocycles. The minimum Gasteiger partial charge on any atom is -0.494 e. The number of ether oxygens (including phenoxy) is 2. The van der Waals surface area contributed by atoms with E-state index in [2.05, 4.69) is 41.8 Å². The third kappa shape index (κ3) is 8.37. The predicted molar refractivity (Wildman–Crippen MR) is 108 cm³/mol. The van der Waals surface area contributed by atoms with Gasteiger partial charge in [0.05, 0.1) is 12.7 Å². The van der Waals surface area contributed by atoms with Gasteiger partial charge in [0.1, 0.15) is 11.5 Å². The quantitative estimate of drug-likeness (QED) is 0.532. The van der Waals surface area contributed by atoms with Crippen LogP contribution in [0.25, 0.3) is 0 Å². The molecule has 2 rings (SSSR count). The summed E-state index contributed by atoms with van der Waals surface area (Å²) in [4.78, 5) is 0. The molecule has 0 saturated heterocycles. The highest BCUT2D eigenvalue weighted by atomic mass is 16.5. The highest BCUT2D eigenvalue weighted by Gasteiger charge is 2.05. The molecule has 0 amide bonds. The Balaban J connectivity index is 1.60. The molecule has 0 saturated carbocycles. The minimum atomic E-state index is 0.180. The Labute approximate surface area is 157 Å². The Kier molecular flexibility index (Phi) is 9.62. The third-order valence-corrected chi connectivity index (χ3v) is 4.14. The second-order valence-electron chi connectivity index (χ2n) is 6.51. The topological polar surface area (TPSA) is 42.5 Å².